The van der Waals surface area contributed by atoms with Crippen LogP contribution in [0.5, 0.6) is 5.75 Å². The molecule has 8 heteroatoms. The van der Waals surface area contributed by atoms with Crippen molar-refractivity contribution in [1.29, 1.82) is 0 Å². The molecule has 1 aromatic carbocycles. The van der Waals surface area contributed by atoms with Crippen LogP contribution in [0.25, 0.3) is 0 Å². The lowest BCUT2D eigenvalue weighted by Gasteiger charge is -2.15. The van der Waals surface area contributed by atoms with E-state index in [4.69, 9.17) is 9.84 Å². The standard InChI is InChI=1S/C11H11FN2O5/c1-19-9-5-7(6(12)4-8(9)14(17)18)13-11(2-3-11)10(15)16/h4-5,13H,2-3H2,1H3,(H,15,16). The highest BCUT2D eigenvalue weighted by atomic mass is 19.1. The van der Waals surface area contributed by atoms with Crippen LogP contribution in [0.2, 0.25) is 0 Å². The van der Waals surface area contributed by atoms with E-state index in [-0.39, 0.29) is 11.4 Å². The van der Waals surface area contributed by atoms with Gasteiger partial charge in [0.15, 0.2) is 11.6 Å². The van der Waals surface area contributed by atoms with Crippen LogP contribution >= 0.6 is 0 Å². The minimum Gasteiger partial charge on any atom is -0.490 e. The molecule has 0 bridgehead atoms. The van der Waals surface area contributed by atoms with Crippen LogP contribution in [0.4, 0.5) is 15.8 Å². The van der Waals surface area contributed by atoms with E-state index in [1.807, 2.05) is 0 Å². The fourth-order valence-corrected chi connectivity index (χ4v) is 1.72. The molecule has 2 rings (SSSR count). The van der Waals surface area contributed by atoms with Gasteiger partial charge in [0.25, 0.3) is 0 Å². The lowest BCUT2D eigenvalue weighted by Crippen LogP contribution is -2.31. The van der Waals surface area contributed by atoms with Crippen molar-refractivity contribution in [3.8, 4) is 5.75 Å². The first kappa shape index (κ1) is 13.1. The van der Waals surface area contributed by atoms with E-state index in [0.29, 0.717) is 18.9 Å². The van der Waals surface area contributed by atoms with Gasteiger partial charge < -0.3 is 15.2 Å². The van der Waals surface area contributed by atoms with Gasteiger partial charge in [-0.2, -0.15) is 0 Å². The Labute approximate surface area is 107 Å². The zero-order valence-electron chi connectivity index (χ0n) is 9.97. The van der Waals surface area contributed by atoms with E-state index in [1.165, 1.54) is 7.11 Å². The Morgan fingerprint density at radius 2 is 2.21 bits per heavy atom. The maximum absolute atomic E-state index is 13.7. The molecular weight excluding hydrogens is 259 g/mol. The number of aliphatic carboxylic acids is 1. The molecule has 1 aliphatic carbocycles. The van der Waals surface area contributed by atoms with Gasteiger partial charge in [0.2, 0.25) is 0 Å². The minimum atomic E-state index is -1.18. The molecule has 7 nitrogen and oxygen atoms in total. The molecule has 0 radical (unpaired) electrons. The molecule has 0 atom stereocenters. The van der Waals surface area contributed by atoms with Crippen molar-refractivity contribution in [2.45, 2.75) is 18.4 Å². The second kappa shape index (κ2) is 4.38. The van der Waals surface area contributed by atoms with Crippen molar-refractivity contribution in [3.63, 3.8) is 0 Å². The number of methoxy groups -OCH3 is 1. The maximum atomic E-state index is 13.7. The molecule has 2 N–H and O–H groups in total. The summed E-state index contributed by atoms with van der Waals surface area (Å²) in [5, 5.41) is 22.3. The van der Waals surface area contributed by atoms with E-state index >= 15 is 0 Å². The molecule has 0 aromatic heterocycles. The van der Waals surface area contributed by atoms with Crippen molar-refractivity contribution < 1.29 is 24.0 Å². The highest BCUT2D eigenvalue weighted by Crippen LogP contribution is 2.41. The number of hydrogen-bond donors (Lipinski definition) is 2. The summed E-state index contributed by atoms with van der Waals surface area (Å²) in [6, 6.07) is 1.80. The van der Waals surface area contributed by atoms with Crippen LogP contribution in [0.1, 0.15) is 12.8 Å². The van der Waals surface area contributed by atoms with E-state index in [2.05, 4.69) is 5.32 Å². The maximum Gasteiger partial charge on any atom is 0.329 e. The van der Waals surface area contributed by atoms with E-state index in [9.17, 15) is 19.3 Å². The van der Waals surface area contributed by atoms with Crippen LogP contribution in [-0.4, -0.2) is 28.6 Å². The van der Waals surface area contributed by atoms with Gasteiger partial charge in [-0.25, -0.2) is 9.18 Å². The van der Waals surface area contributed by atoms with Crippen molar-refractivity contribution in [1.82, 2.24) is 0 Å². The predicted octanol–water partition coefficient (Wildman–Crippen LogP) is 1.77. The van der Waals surface area contributed by atoms with Crippen molar-refractivity contribution in [2.24, 2.45) is 0 Å². The van der Waals surface area contributed by atoms with Gasteiger partial charge >= 0.3 is 11.7 Å². The number of benzene rings is 1. The first-order valence-electron chi connectivity index (χ1n) is 5.43. The molecule has 0 spiro atoms. The van der Waals surface area contributed by atoms with Crippen LogP contribution in [0.15, 0.2) is 12.1 Å². The third-order valence-electron chi connectivity index (χ3n) is 3.00. The summed E-state index contributed by atoms with van der Waals surface area (Å²) >= 11 is 0. The first-order valence-corrected chi connectivity index (χ1v) is 5.43. The number of nitrogens with zero attached hydrogens (tertiary/aromatic N) is 1. The van der Waals surface area contributed by atoms with Gasteiger partial charge in [-0.15, -0.1) is 0 Å². The molecule has 0 aliphatic heterocycles. The number of carboxylic acids is 1. The third-order valence-corrected chi connectivity index (χ3v) is 3.00. The molecule has 0 unspecified atom stereocenters. The fourth-order valence-electron chi connectivity index (χ4n) is 1.72. The molecule has 1 aliphatic rings. The number of halogens is 1. The fraction of sp³-hybridized carbons (Fsp3) is 0.364. The smallest absolute Gasteiger partial charge is 0.329 e. The zero-order chi connectivity index (χ0) is 14.2. The number of hydrogen-bond acceptors (Lipinski definition) is 5. The Morgan fingerprint density at radius 3 is 2.63 bits per heavy atom. The second-order valence-corrected chi connectivity index (χ2v) is 4.27. The number of carbonyl (C=O) groups is 1. The van der Waals surface area contributed by atoms with Crippen molar-refractivity contribution in [3.05, 3.63) is 28.1 Å². The van der Waals surface area contributed by atoms with Crippen molar-refractivity contribution >= 4 is 17.3 Å². The molecule has 1 fully saturated rings. The van der Waals surface area contributed by atoms with Gasteiger partial charge in [0, 0.05) is 6.07 Å². The van der Waals surface area contributed by atoms with Gasteiger partial charge in [-0.3, -0.25) is 10.1 Å². The molecule has 1 aromatic rings. The van der Waals surface area contributed by atoms with E-state index < -0.39 is 27.9 Å². The number of nitro benzene ring substituents is 1. The quantitative estimate of drug-likeness (QED) is 0.624. The topological polar surface area (TPSA) is 102 Å². The summed E-state index contributed by atoms with van der Waals surface area (Å²) in [6.07, 6.45) is 0.752. The lowest BCUT2D eigenvalue weighted by molar-refractivity contribution is -0.385. The van der Waals surface area contributed by atoms with Crippen LogP contribution in [-0.2, 0) is 4.79 Å². The normalized spacial score (nSPS) is 15.7. The molecule has 1 saturated carbocycles. The van der Waals surface area contributed by atoms with Gasteiger partial charge in [0.05, 0.1) is 23.8 Å². The monoisotopic (exact) mass is 270 g/mol. The highest BCUT2D eigenvalue weighted by molar-refractivity contribution is 5.86. The summed E-state index contributed by atoms with van der Waals surface area (Å²) in [4.78, 5) is 20.9. The lowest BCUT2D eigenvalue weighted by atomic mass is 10.2. The number of anilines is 1. The number of nitrogens with one attached hydrogen (secondary N) is 1. The number of nitro groups is 1. The Morgan fingerprint density at radius 1 is 1.58 bits per heavy atom. The third kappa shape index (κ3) is 2.28. The van der Waals surface area contributed by atoms with E-state index in [1.54, 1.807) is 0 Å². The first-order chi connectivity index (χ1) is 8.89. The summed E-state index contributed by atoms with van der Waals surface area (Å²) in [7, 11) is 1.22. The zero-order valence-corrected chi connectivity index (χ0v) is 9.97. The predicted molar refractivity (Wildman–Crippen MR) is 62.8 cm³/mol. The highest BCUT2D eigenvalue weighted by Gasteiger charge is 2.51. The number of rotatable bonds is 5. The largest absolute Gasteiger partial charge is 0.490 e. The van der Waals surface area contributed by atoms with E-state index in [0.717, 1.165) is 6.07 Å². The van der Waals surface area contributed by atoms with Crippen LogP contribution in [0.3, 0.4) is 0 Å². The average molecular weight is 270 g/mol. The molecule has 19 heavy (non-hydrogen) atoms. The minimum absolute atomic E-state index is 0.123. The van der Waals surface area contributed by atoms with Crippen LogP contribution in [0, 0.1) is 15.9 Å². The second-order valence-electron chi connectivity index (χ2n) is 4.27. The summed E-state index contributed by atoms with van der Waals surface area (Å²) in [5.41, 5.74) is -1.81. The number of carboxylic acid groups (broad SMARTS) is 1. The summed E-state index contributed by atoms with van der Waals surface area (Å²) < 4.78 is 18.5. The SMILES string of the molecule is COc1cc(NC2(C(=O)O)CC2)c(F)cc1[N+](=O)[O-]. The molecule has 0 heterocycles. The van der Waals surface area contributed by atoms with Gasteiger partial charge in [0.1, 0.15) is 5.54 Å². The average Bonchev–Trinajstić information content (AvgIpc) is 3.12. The molecular formula is C11H11FN2O5. The number of ether oxygens (including phenoxy) is 1. The van der Waals surface area contributed by atoms with Gasteiger partial charge in [-0.05, 0) is 12.8 Å². The van der Waals surface area contributed by atoms with Crippen molar-refractivity contribution in [2.75, 3.05) is 12.4 Å². The van der Waals surface area contributed by atoms with Crippen LogP contribution < -0.4 is 10.1 Å². The Hall–Kier alpha value is -2.38. The Bertz CT molecular complexity index is 556. The summed E-state index contributed by atoms with van der Waals surface area (Å²) in [5.74, 6) is -2.10. The Kier molecular flexibility index (Phi) is 3.01. The summed E-state index contributed by atoms with van der Waals surface area (Å²) in [6.45, 7) is 0. The Balaban J connectivity index is 2.37. The molecule has 0 amide bonds. The molecule has 0 saturated heterocycles. The molecule has 102 valence electrons. The van der Waals surface area contributed by atoms with Gasteiger partial charge in [-0.1, -0.05) is 0 Å².